The van der Waals surface area contributed by atoms with Crippen LogP contribution in [0.2, 0.25) is 0 Å². The van der Waals surface area contributed by atoms with E-state index in [9.17, 15) is 0 Å². The summed E-state index contributed by atoms with van der Waals surface area (Å²) in [4.78, 5) is 0. The first kappa shape index (κ1) is 26.4. The normalized spacial score (nSPS) is 16.3. The third-order valence-electron chi connectivity index (χ3n) is 8.67. The summed E-state index contributed by atoms with van der Waals surface area (Å²) in [6.45, 7) is 4.55. The number of fused-ring (bicyclic) bond motifs is 5. The SMILES string of the molecule is C=C1/C=C\C=C/C/C(c2cccc(-c3ccc4sc5ccccc5c4c3)c2)=c2/ccccc2=C1c1ccc2ccccc2c1. The Bertz CT molecular complexity index is 2430. The van der Waals surface area contributed by atoms with E-state index in [1.807, 2.05) is 11.3 Å². The zero-order chi connectivity index (χ0) is 29.5. The van der Waals surface area contributed by atoms with E-state index in [-0.39, 0.29) is 0 Å². The first-order valence-electron chi connectivity index (χ1n) is 15.1. The zero-order valence-corrected chi connectivity index (χ0v) is 25.2. The molecule has 0 fully saturated rings. The molecular weight excluding hydrogens is 549 g/mol. The van der Waals surface area contributed by atoms with E-state index in [1.54, 1.807) is 0 Å². The van der Waals surface area contributed by atoms with Crippen LogP contribution in [-0.4, -0.2) is 0 Å². The highest BCUT2D eigenvalue weighted by atomic mass is 32.1. The number of thiophene rings is 1. The first-order chi connectivity index (χ1) is 21.7. The fraction of sp³-hybridized carbons (Fsp3) is 0.0233. The van der Waals surface area contributed by atoms with E-state index < -0.39 is 0 Å². The van der Waals surface area contributed by atoms with Gasteiger partial charge in [-0.3, -0.25) is 0 Å². The fourth-order valence-corrected chi connectivity index (χ4v) is 7.60. The number of hydrogen-bond donors (Lipinski definition) is 0. The van der Waals surface area contributed by atoms with Gasteiger partial charge in [0.15, 0.2) is 0 Å². The molecule has 0 nitrogen and oxygen atoms in total. The van der Waals surface area contributed by atoms with Crippen LogP contribution in [0.3, 0.4) is 0 Å². The van der Waals surface area contributed by atoms with Crippen molar-refractivity contribution in [1.29, 1.82) is 0 Å². The van der Waals surface area contributed by atoms with E-state index >= 15 is 0 Å². The minimum absolute atomic E-state index is 0.830. The van der Waals surface area contributed by atoms with E-state index in [1.165, 1.54) is 74.8 Å². The number of hydrogen-bond acceptors (Lipinski definition) is 1. The number of benzene rings is 6. The van der Waals surface area contributed by atoms with Gasteiger partial charge in [0.05, 0.1) is 0 Å². The maximum absolute atomic E-state index is 4.55. The standard InChI is InChI=1S/C43H30S/c1-29-12-3-2-4-17-36(37-18-7-8-20-39(37)43(29)35-23-22-30-13-5-6-14-31(30)27-35)34-16-11-15-32(26-34)33-24-25-42-40(28-33)38-19-9-10-21-41(38)44-42/h2-16,18-28H,1,17H2/b4-2-,12-3-,37-36+,43-39?. The molecule has 0 saturated heterocycles. The average molecular weight is 579 g/mol. The highest BCUT2D eigenvalue weighted by molar-refractivity contribution is 7.25. The molecule has 208 valence electrons. The van der Waals surface area contributed by atoms with Crippen LogP contribution in [0.1, 0.15) is 17.5 Å². The summed E-state index contributed by atoms with van der Waals surface area (Å²) in [5.41, 5.74) is 8.37. The van der Waals surface area contributed by atoms with E-state index in [4.69, 9.17) is 0 Å². The molecule has 0 radical (unpaired) electrons. The predicted molar refractivity (Wildman–Crippen MR) is 191 cm³/mol. The van der Waals surface area contributed by atoms with Crippen molar-refractivity contribution in [2.24, 2.45) is 0 Å². The van der Waals surface area contributed by atoms with Crippen molar-refractivity contribution < 1.29 is 0 Å². The quantitative estimate of drug-likeness (QED) is 0.196. The Morgan fingerprint density at radius 2 is 1.23 bits per heavy atom. The summed E-state index contributed by atoms with van der Waals surface area (Å²) in [5, 5.41) is 7.58. The molecule has 0 unspecified atom stereocenters. The van der Waals surface area contributed by atoms with Gasteiger partial charge >= 0.3 is 0 Å². The van der Waals surface area contributed by atoms with Crippen LogP contribution in [0.25, 0.3) is 53.2 Å². The lowest BCUT2D eigenvalue weighted by Gasteiger charge is -2.14. The molecule has 6 aromatic carbocycles. The van der Waals surface area contributed by atoms with E-state index in [0.717, 1.165) is 12.0 Å². The fourth-order valence-electron chi connectivity index (χ4n) is 6.52. The van der Waals surface area contributed by atoms with Crippen LogP contribution in [0, 0.1) is 0 Å². The highest BCUT2D eigenvalue weighted by Crippen LogP contribution is 2.36. The van der Waals surface area contributed by atoms with Gasteiger partial charge in [-0.05, 0) is 96.9 Å². The Hall–Kier alpha value is -5.24. The summed E-state index contributed by atoms with van der Waals surface area (Å²) >= 11 is 1.86. The van der Waals surface area contributed by atoms with Crippen LogP contribution in [-0.2, 0) is 0 Å². The van der Waals surface area contributed by atoms with Crippen molar-refractivity contribution >= 4 is 53.4 Å². The third kappa shape index (κ3) is 4.72. The minimum Gasteiger partial charge on any atom is -0.135 e. The van der Waals surface area contributed by atoms with Gasteiger partial charge in [-0.25, -0.2) is 0 Å². The second kappa shape index (κ2) is 11.1. The Balaban J connectivity index is 1.36. The van der Waals surface area contributed by atoms with Gasteiger partial charge in [-0.1, -0.05) is 134 Å². The van der Waals surface area contributed by atoms with Gasteiger partial charge in [0.1, 0.15) is 0 Å². The second-order valence-corrected chi connectivity index (χ2v) is 12.5. The molecule has 8 rings (SSSR count). The lowest BCUT2D eigenvalue weighted by Crippen LogP contribution is -2.30. The predicted octanol–water partition coefficient (Wildman–Crippen LogP) is 10.3. The number of rotatable bonds is 3. The molecule has 1 aliphatic carbocycles. The van der Waals surface area contributed by atoms with Gasteiger partial charge in [0.2, 0.25) is 0 Å². The summed E-state index contributed by atoms with van der Waals surface area (Å²) in [5.74, 6) is 0. The maximum Gasteiger partial charge on any atom is 0.0355 e. The monoisotopic (exact) mass is 578 g/mol. The molecule has 0 N–H and O–H groups in total. The van der Waals surface area contributed by atoms with Crippen LogP contribution in [0.4, 0.5) is 0 Å². The molecule has 0 saturated carbocycles. The topological polar surface area (TPSA) is 0 Å². The van der Waals surface area contributed by atoms with E-state index in [2.05, 4.69) is 164 Å². The maximum atomic E-state index is 4.55. The number of allylic oxidation sites excluding steroid dienone is 5. The molecule has 1 aliphatic rings. The van der Waals surface area contributed by atoms with Crippen molar-refractivity contribution in [1.82, 2.24) is 0 Å². The largest absolute Gasteiger partial charge is 0.135 e. The molecule has 1 heterocycles. The molecule has 0 amide bonds. The van der Waals surface area contributed by atoms with Gasteiger partial charge in [-0.15, -0.1) is 11.3 Å². The van der Waals surface area contributed by atoms with Crippen molar-refractivity contribution in [2.75, 3.05) is 0 Å². The Kier molecular flexibility index (Phi) is 6.67. The summed E-state index contributed by atoms with van der Waals surface area (Å²) in [6.07, 6.45) is 9.49. The van der Waals surface area contributed by atoms with Crippen molar-refractivity contribution in [2.45, 2.75) is 6.42 Å². The van der Waals surface area contributed by atoms with Crippen LogP contribution in [0.15, 0.2) is 170 Å². The third-order valence-corrected chi connectivity index (χ3v) is 9.82. The van der Waals surface area contributed by atoms with Gasteiger partial charge in [0, 0.05) is 20.2 Å². The molecule has 0 atom stereocenters. The molecule has 1 aromatic heterocycles. The molecule has 7 aromatic rings. The minimum atomic E-state index is 0.830. The van der Waals surface area contributed by atoms with Crippen molar-refractivity contribution in [3.63, 3.8) is 0 Å². The Morgan fingerprint density at radius 3 is 2.16 bits per heavy atom. The summed E-state index contributed by atoms with van der Waals surface area (Å²) < 4.78 is 2.67. The smallest absolute Gasteiger partial charge is 0.0355 e. The lowest BCUT2D eigenvalue weighted by molar-refractivity contribution is 1.32. The highest BCUT2D eigenvalue weighted by Gasteiger charge is 2.12. The first-order valence-corrected chi connectivity index (χ1v) is 15.9. The van der Waals surface area contributed by atoms with Crippen molar-refractivity contribution in [3.05, 3.63) is 191 Å². The zero-order valence-electron chi connectivity index (χ0n) is 24.3. The van der Waals surface area contributed by atoms with Crippen molar-refractivity contribution in [3.8, 4) is 11.1 Å². The molecule has 44 heavy (non-hydrogen) atoms. The molecule has 0 bridgehead atoms. The summed E-state index contributed by atoms with van der Waals surface area (Å²) in [6, 6.07) is 48.8. The molecule has 0 spiro atoms. The van der Waals surface area contributed by atoms with Crippen LogP contribution in [0.5, 0.6) is 0 Å². The molecular formula is C43H30S. The van der Waals surface area contributed by atoms with Gasteiger partial charge in [0.25, 0.3) is 0 Å². The molecule has 1 heteroatoms. The van der Waals surface area contributed by atoms with Crippen LogP contribution < -0.4 is 10.4 Å². The van der Waals surface area contributed by atoms with Gasteiger partial charge in [-0.2, -0.15) is 0 Å². The van der Waals surface area contributed by atoms with Gasteiger partial charge < -0.3 is 0 Å². The average Bonchev–Trinajstić information content (AvgIpc) is 3.45. The van der Waals surface area contributed by atoms with E-state index in [0.29, 0.717) is 0 Å². The second-order valence-electron chi connectivity index (χ2n) is 11.4. The lowest BCUT2D eigenvalue weighted by atomic mass is 9.90. The Labute approximate surface area is 261 Å². The van der Waals surface area contributed by atoms with Crippen LogP contribution >= 0.6 is 11.3 Å². The Morgan fingerprint density at radius 1 is 0.500 bits per heavy atom. The summed E-state index contributed by atoms with van der Waals surface area (Å²) in [7, 11) is 0. The molecule has 0 aliphatic heterocycles.